The number of H-pyrrole nitrogens is 1. The number of hydrogen-bond acceptors (Lipinski definition) is 7. The maximum absolute atomic E-state index is 11.7. The number of imidazole rings is 1. The van der Waals surface area contributed by atoms with E-state index in [0.29, 0.717) is 22.7 Å². The van der Waals surface area contributed by atoms with E-state index in [4.69, 9.17) is 8.92 Å². The summed E-state index contributed by atoms with van der Waals surface area (Å²) in [5.74, 6) is 0.482. The first-order valence-corrected chi connectivity index (χ1v) is 8.20. The first-order valence-electron chi connectivity index (χ1n) is 6.38. The lowest BCUT2D eigenvalue weighted by Gasteiger charge is -2.09. The summed E-state index contributed by atoms with van der Waals surface area (Å²) in [6.45, 7) is 0. The number of nitrogens with zero attached hydrogens (tertiary/aromatic N) is 3. The molecule has 3 aromatic rings. The number of ether oxygens (including phenoxy) is 1. The molecule has 0 radical (unpaired) electrons. The van der Waals surface area contributed by atoms with E-state index in [1.54, 1.807) is 6.07 Å². The summed E-state index contributed by atoms with van der Waals surface area (Å²) in [5.41, 5.74) is 1.02. The number of rotatable bonds is 4. The second kappa shape index (κ2) is 5.39. The first-order chi connectivity index (χ1) is 10.9. The van der Waals surface area contributed by atoms with Crippen LogP contribution >= 0.6 is 0 Å². The Morgan fingerprint density at radius 2 is 2.09 bits per heavy atom. The maximum Gasteiger partial charge on any atom is 0.347 e. The van der Waals surface area contributed by atoms with Crippen molar-refractivity contribution in [1.82, 2.24) is 19.6 Å². The van der Waals surface area contributed by atoms with E-state index in [1.807, 2.05) is 0 Å². The summed E-state index contributed by atoms with van der Waals surface area (Å²) < 4.78 is 33.8. The van der Waals surface area contributed by atoms with Crippen LogP contribution in [0.5, 0.6) is 11.5 Å². The van der Waals surface area contributed by atoms with Crippen LogP contribution in [0.25, 0.3) is 16.9 Å². The Labute approximate surface area is 130 Å². The second-order valence-electron chi connectivity index (χ2n) is 4.68. The number of aromatic nitrogens is 4. The molecule has 2 aromatic heterocycles. The highest BCUT2D eigenvalue weighted by molar-refractivity contribution is 7.86. The highest BCUT2D eigenvalue weighted by atomic mass is 32.2. The average Bonchev–Trinajstić information content (AvgIpc) is 2.90. The molecule has 0 amide bonds. The molecule has 3 rings (SSSR count). The van der Waals surface area contributed by atoms with E-state index in [1.165, 1.54) is 36.0 Å². The molecule has 0 aliphatic carbocycles. The molecule has 2 heterocycles. The molecular formula is C13H12N4O5S. The highest BCUT2D eigenvalue weighted by Crippen LogP contribution is 2.33. The first kappa shape index (κ1) is 15.0. The van der Waals surface area contributed by atoms with Crippen LogP contribution in [0.2, 0.25) is 0 Å². The van der Waals surface area contributed by atoms with Crippen LogP contribution < -0.4 is 14.6 Å². The van der Waals surface area contributed by atoms with Crippen LogP contribution in [0, 0.1) is 0 Å². The Morgan fingerprint density at radius 1 is 1.30 bits per heavy atom. The van der Waals surface area contributed by atoms with Crippen LogP contribution in [-0.4, -0.2) is 41.4 Å². The maximum atomic E-state index is 11.7. The Balaban J connectivity index is 2.11. The van der Waals surface area contributed by atoms with Gasteiger partial charge in [0.2, 0.25) is 0 Å². The van der Waals surface area contributed by atoms with E-state index in [-0.39, 0.29) is 5.75 Å². The van der Waals surface area contributed by atoms with E-state index in [9.17, 15) is 13.2 Å². The van der Waals surface area contributed by atoms with Gasteiger partial charge in [0.25, 0.3) is 0 Å². The van der Waals surface area contributed by atoms with Gasteiger partial charge in [-0.1, -0.05) is 0 Å². The molecular weight excluding hydrogens is 324 g/mol. The molecule has 0 aliphatic heterocycles. The van der Waals surface area contributed by atoms with Crippen molar-refractivity contribution in [3.63, 3.8) is 0 Å². The van der Waals surface area contributed by atoms with Crippen molar-refractivity contribution < 1.29 is 17.3 Å². The standard InChI is InChI=1S/C13H12N4O5S/c1-21-11-5-8(22-23(2,19)20)3-4-9(11)10-7-17-12(15-10)6-14-16-13(17)18/h3-7H,1-2H3,(H,16,18). The Bertz CT molecular complexity index is 1040. The van der Waals surface area contributed by atoms with Gasteiger partial charge in [0.1, 0.15) is 11.5 Å². The molecule has 1 aromatic carbocycles. The van der Waals surface area contributed by atoms with Gasteiger partial charge in [0, 0.05) is 17.8 Å². The second-order valence-corrected chi connectivity index (χ2v) is 6.25. The summed E-state index contributed by atoms with van der Waals surface area (Å²) >= 11 is 0. The van der Waals surface area contributed by atoms with E-state index < -0.39 is 15.8 Å². The molecule has 0 spiro atoms. The van der Waals surface area contributed by atoms with Crippen molar-refractivity contribution >= 4 is 15.8 Å². The molecule has 120 valence electrons. The highest BCUT2D eigenvalue weighted by Gasteiger charge is 2.14. The van der Waals surface area contributed by atoms with Gasteiger partial charge in [0.05, 0.1) is 25.3 Å². The fraction of sp³-hybridized carbons (Fsp3) is 0.154. The van der Waals surface area contributed by atoms with Crippen LogP contribution in [0.3, 0.4) is 0 Å². The summed E-state index contributed by atoms with van der Waals surface area (Å²) in [4.78, 5) is 16.0. The number of nitrogens with one attached hydrogen (secondary N) is 1. The Morgan fingerprint density at radius 3 is 2.74 bits per heavy atom. The quantitative estimate of drug-likeness (QED) is 0.687. The zero-order valence-electron chi connectivity index (χ0n) is 12.2. The van der Waals surface area contributed by atoms with Gasteiger partial charge in [0.15, 0.2) is 5.65 Å². The average molecular weight is 336 g/mol. The summed E-state index contributed by atoms with van der Waals surface area (Å²) in [6, 6.07) is 4.51. The molecule has 0 aliphatic rings. The Kier molecular flexibility index (Phi) is 3.52. The number of hydrogen-bond donors (Lipinski definition) is 1. The molecule has 1 N–H and O–H groups in total. The number of benzene rings is 1. The predicted octanol–water partition coefficient (Wildman–Crippen LogP) is 0.432. The predicted molar refractivity (Wildman–Crippen MR) is 81.1 cm³/mol. The topological polar surface area (TPSA) is 116 Å². The smallest absolute Gasteiger partial charge is 0.347 e. The molecule has 0 bridgehead atoms. The van der Waals surface area contributed by atoms with Crippen molar-refractivity contribution in [2.45, 2.75) is 0 Å². The fourth-order valence-electron chi connectivity index (χ4n) is 2.09. The van der Waals surface area contributed by atoms with Gasteiger partial charge in [-0.2, -0.15) is 13.5 Å². The van der Waals surface area contributed by atoms with Gasteiger partial charge in [-0.15, -0.1) is 0 Å². The summed E-state index contributed by atoms with van der Waals surface area (Å²) in [5, 5.41) is 5.98. The van der Waals surface area contributed by atoms with Crippen molar-refractivity contribution in [3.8, 4) is 22.8 Å². The molecule has 0 saturated heterocycles. The van der Waals surface area contributed by atoms with Gasteiger partial charge < -0.3 is 8.92 Å². The number of fused-ring (bicyclic) bond motifs is 1. The molecule has 0 saturated carbocycles. The van der Waals surface area contributed by atoms with Crippen LogP contribution in [0.4, 0.5) is 0 Å². The van der Waals surface area contributed by atoms with Crippen LogP contribution in [0.15, 0.2) is 35.4 Å². The Hall–Kier alpha value is -2.88. The van der Waals surface area contributed by atoms with Crippen molar-refractivity contribution in [2.75, 3.05) is 13.4 Å². The van der Waals surface area contributed by atoms with Gasteiger partial charge >= 0.3 is 15.8 Å². The third-order valence-electron chi connectivity index (χ3n) is 2.99. The third-order valence-corrected chi connectivity index (χ3v) is 3.48. The SMILES string of the molecule is COc1cc(OS(C)(=O)=O)ccc1-c1cn2c(=O)[nH]ncc2n1. The minimum absolute atomic E-state index is 0.122. The van der Waals surface area contributed by atoms with Gasteiger partial charge in [-0.25, -0.2) is 19.3 Å². The minimum atomic E-state index is -3.63. The minimum Gasteiger partial charge on any atom is -0.496 e. The van der Waals surface area contributed by atoms with Crippen LogP contribution in [-0.2, 0) is 10.1 Å². The summed E-state index contributed by atoms with van der Waals surface area (Å²) in [7, 11) is -2.20. The van der Waals surface area contributed by atoms with E-state index in [2.05, 4.69) is 15.2 Å². The zero-order valence-corrected chi connectivity index (χ0v) is 13.0. The molecule has 10 heteroatoms. The van der Waals surface area contributed by atoms with Crippen molar-refractivity contribution in [3.05, 3.63) is 41.1 Å². The largest absolute Gasteiger partial charge is 0.496 e. The fourth-order valence-corrected chi connectivity index (χ4v) is 2.54. The van der Waals surface area contributed by atoms with Crippen LogP contribution in [0.1, 0.15) is 0 Å². The normalized spacial score (nSPS) is 11.6. The van der Waals surface area contributed by atoms with Crippen molar-refractivity contribution in [1.29, 1.82) is 0 Å². The molecule has 9 nitrogen and oxygen atoms in total. The van der Waals surface area contributed by atoms with E-state index in [0.717, 1.165) is 6.26 Å². The monoisotopic (exact) mass is 336 g/mol. The number of aromatic amines is 1. The molecule has 0 fully saturated rings. The molecule has 0 atom stereocenters. The number of methoxy groups -OCH3 is 1. The zero-order chi connectivity index (χ0) is 16.6. The third kappa shape index (κ3) is 3.01. The van der Waals surface area contributed by atoms with Gasteiger partial charge in [-0.05, 0) is 12.1 Å². The van der Waals surface area contributed by atoms with E-state index >= 15 is 0 Å². The molecule has 0 unspecified atom stereocenters. The lowest BCUT2D eigenvalue weighted by Crippen LogP contribution is -2.15. The lowest BCUT2D eigenvalue weighted by atomic mass is 10.1. The van der Waals surface area contributed by atoms with Gasteiger partial charge in [-0.3, -0.25) is 0 Å². The summed E-state index contributed by atoms with van der Waals surface area (Å²) in [6.07, 6.45) is 3.90. The lowest BCUT2D eigenvalue weighted by molar-refractivity contribution is 0.413. The molecule has 23 heavy (non-hydrogen) atoms. The van der Waals surface area contributed by atoms with Crippen molar-refractivity contribution in [2.24, 2.45) is 0 Å².